The molecule has 0 saturated carbocycles. The highest BCUT2D eigenvalue weighted by atomic mass is 32.1. The Balaban J connectivity index is 1.85. The van der Waals surface area contributed by atoms with E-state index in [2.05, 4.69) is 11.4 Å². The zero-order valence-electron chi connectivity index (χ0n) is 18.8. The Bertz CT molecular complexity index is 1260. The van der Waals surface area contributed by atoms with Gasteiger partial charge in [-0.25, -0.2) is 4.39 Å². The summed E-state index contributed by atoms with van der Waals surface area (Å²) in [7, 11) is 1.43. The van der Waals surface area contributed by atoms with Gasteiger partial charge in [0.05, 0.1) is 18.7 Å². The van der Waals surface area contributed by atoms with Crippen molar-refractivity contribution < 1.29 is 23.8 Å². The van der Waals surface area contributed by atoms with Crippen LogP contribution >= 0.6 is 11.3 Å². The summed E-state index contributed by atoms with van der Waals surface area (Å²) in [5.74, 6) is -2.42. The maximum atomic E-state index is 14.3. The molecular weight excluding hydrogens is 441 g/mol. The molecule has 170 valence electrons. The minimum atomic E-state index is -1.02. The Labute approximate surface area is 195 Å². The van der Waals surface area contributed by atoms with Crippen LogP contribution in [0.1, 0.15) is 30.3 Å². The van der Waals surface area contributed by atoms with Crippen LogP contribution in [0.2, 0.25) is 0 Å². The Morgan fingerprint density at radius 3 is 2.39 bits per heavy atom. The molecule has 3 aromatic rings. The number of hydrogen-bond donors (Lipinski definition) is 1. The summed E-state index contributed by atoms with van der Waals surface area (Å²) in [6, 6.07) is 12.3. The van der Waals surface area contributed by atoms with E-state index in [1.165, 1.54) is 35.1 Å². The van der Waals surface area contributed by atoms with E-state index in [0.29, 0.717) is 11.4 Å². The van der Waals surface area contributed by atoms with Gasteiger partial charge in [0, 0.05) is 22.0 Å². The van der Waals surface area contributed by atoms with Crippen molar-refractivity contribution >= 4 is 28.7 Å². The van der Waals surface area contributed by atoms with Gasteiger partial charge in [-0.05, 0) is 59.8 Å². The fraction of sp³-hybridized carbons (Fsp3) is 0.231. The van der Waals surface area contributed by atoms with Crippen LogP contribution in [0.25, 0.3) is 11.1 Å². The number of rotatable bonds is 6. The quantitative estimate of drug-likeness (QED) is 0.485. The van der Waals surface area contributed by atoms with Crippen molar-refractivity contribution in [3.8, 4) is 16.9 Å². The van der Waals surface area contributed by atoms with Crippen LogP contribution in [0.4, 0.5) is 10.1 Å². The Morgan fingerprint density at radius 1 is 1.12 bits per heavy atom. The van der Waals surface area contributed by atoms with Crippen LogP contribution < -0.4 is 9.64 Å². The second-order valence-electron chi connectivity index (χ2n) is 8.24. The van der Waals surface area contributed by atoms with Gasteiger partial charge in [0.25, 0.3) is 5.91 Å². The van der Waals surface area contributed by atoms with Gasteiger partial charge in [0.1, 0.15) is 11.6 Å². The number of thiophene rings is 1. The molecule has 1 aromatic heterocycles. The lowest BCUT2D eigenvalue weighted by molar-refractivity contribution is -0.119. The lowest BCUT2D eigenvalue weighted by atomic mass is 9.90. The second kappa shape index (κ2) is 8.83. The summed E-state index contributed by atoms with van der Waals surface area (Å²) in [5.41, 5.74) is 2.75. The van der Waals surface area contributed by atoms with Gasteiger partial charge >= 0.3 is 0 Å². The van der Waals surface area contributed by atoms with Gasteiger partial charge in [-0.15, -0.1) is 11.3 Å². The molecule has 5 nitrogen and oxygen atoms in total. The predicted octanol–water partition coefficient (Wildman–Crippen LogP) is 6.00. The maximum absolute atomic E-state index is 14.3. The second-order valence-corrected chi connectivity index (χ2v) is 9.35. The molecule has 0 radical (unpaired) electrons. The van der Waals surface area contributed by atoms with Crippen molar-refractivity contribution in [2.24, 2.45) is 5.92 Å². The lowest BCUT2D eigenvalue weighted by Gasteiger charge is -2.28. The van der Waals surface area contributed by atoms with E-state index in [-0.39, 0.29) is 16.9 Å². The standard InChI is InChI=1S/C26H24FNO4S/c1-14(2)24(29)22-23(20-12-18(27)7-10-21(20)32-4)28(26(31)25(22)30)19-8-5-16(6-9-19)17-11-15(3)33-13-17/h5-14,23,30H,1-4H3. The number of amides is 1. The maximum Gasteiger partial charge on any atom is 0.294 e. The first-order valence-electron chi connectivity index (χ1n) is 10.5. The minimum absolute atomic E-state index is 0.0589. The topological polar surface area (TPSA) is 66.8 Å². The number of hydrogen-bond acceptors (Lipinski definition) is 5. The SMILES string of the molecule is COc1ccc(F)cc1C1C(C(=O)C(C)C)=C(O)C(=O)N1c1ccc(-c2csc(C)c2)cc1. The summed E-state index contributed by atoms with van der Waals surface area (Å²) in [5, 5.41) is 12.8. The third-order valence-corrected chi connectivity index (χ3v) is 6.56. The Morgan fingerprint density at radius 2 is 1.82 bits per heavy atom. The lowest BCUT2D eigenvalue weighted by Crippen LogP contribution is -2.31. The molecule has 0 fully saturated rings. The number of Topliss-reactive ketones (excluding diaryl/α,β-unsaturated/α-hetero) is 1. The number of aliphatic hydroxyl groups excluding tert-OH is 1. The summed E-state index contributed by atoms with van der Waals surface area (Å²) in [4.78, 5) is 28.8. The Kier molecular flexibility index (Phi) is 6.08. The first kappa shape index (κ1) is 22.7. The molecule has 2 heterocycles. The van der Waals surface area contributed by atoms with Crippen molar-refractivity contribution in [1.82, 2.24) is 0 Å². The first-order valence-corrected chi connectivity index (χ1v) is 11.4. The summed E-state index contributed by atoms with van der Waals surface area (Å²) < 4.78 is 19.7. The zero-order valence-corrected chi connectivity index (χ0v) is 19.6. The molecule has 1 aliphatic heterocycles. The number of methoxy groups -OCH3 is 1. The molecular formula is C26H24FNO4S. The number of halogens is 1. The highest BCUT2D eigenvalue weighted by molar-refractivity contribution is 7.10. The Hall–Kier alpha value is -3.45. The van der Waals surface area contributed by atoms with Crippen molar-refractivity contribution in [2.45, 2.75) is 26.8 Å². The van der Waals surface area contributed by atoms with Gasteiger partial charge in [-0.2, -0.15) is 0 Å². The summed E-state index contributed by atoms with van der Waals surface area (Å²) in [6.45, 7) is 5.41. The van der Waals surface area contributed by atoms with Crippen molar-refractivity contribution in [3.05, 3.63) is 81.5 Å². The molecule has 0 saturated heterocycles. The van der Waals surface area contributed by atoms with Gasteiger partial charge in [0.15, 0.2) is 11.5 Å². The third kappa shape index (κ3) is 4.04. The van der Waals surface area contributed by atoms with Crippen LogP contribution in [0.3, 0.4) is 0 Å². The van der Waals surface area contributed by atoms with Crippen LogP contribution in [-0.4, -0.2) is 23.9 Å². The number of aryl methyl sites for hydroxylation is 1. The average molecular weight is 466 g/mol. The van der Waals surface area contributed by atoms with E-state index in [0.717, 1.165) is 11.1 Å². The van der Waals surface area contributed by atoms with Crippen LogP contribution in [0.15, 0.2) is 65.2 Å². The molecule has 1 atom stereocenters. The first-order chi connectivity index (χ1) is 15.7. The molecule has 1 unspecified atom stereocenters. The average Bonchev–Trinajstić information content (AvgIpc) is 3.34. The van der Waals surface area contributed by atoms with Gasteiger partial charge in [0.2, 0.25) is 0 Å². The summed E-state index contributed by atoms with van der Waals surface area (Å²) in [6.07, 6.45) is 0. The predicted molar refractivity (Wildman–Crippen MR) is 127 cm³/mol. The zero-order chi connectivity index (χ0) is 23.9. The molecule has 0 spiro atoms. The highest BCUT2D eigenvalue weighted by Gasteiger charge is 2.46. The number of benzene rings is 2. The monoisotopic (exact) mass is 465 g/mol. The molecule has 4 rings (SSSR count). The van der Waals surface area contributed by atoms with E-state index in [1.807, 2.05) is 19.1 Å². The van der Waals surface area contributed by atoms with Crippen LogP contribution in [0, 0.1) is 18.7 Å². The largest absolute Gasteiger partial charge is 0.503 e. The number of ether oxygens (including phenoxy) is 1. The van der Waals surface area contributed by atoms with Gasteiger partial charge < -0.3 is 9.84 Å². The molecule has 33 heavy (non-hydrogen) atoms. The van der Waals surface area contributed by atoms with Crippen molar-refractivity contribution in [2.75, 3.05) is 12.0 Å². The number of aliphatic hydroxyl groups is 1. The van der Waals surface area contributed by atoms with Crippen molar-refractivity contribution in [3.63, 3.8) is 0 Å². The fourth-order valence-corrected chi connectivity index (χ4v) is 4.77. The normalized spacial score (nSPS) is 16.1. The number of carbonyl (C=O) groups excluding carboxylic acids is 2. The number of carbonyl (C=O) groups is 2. The van der Waals surface area contributed by atoms with Crippen molar-refractivity contribution in [1.29, 1.82) is 0 Å². The van der Waals surface area contributed by atoms with Crippen LogP contribution in [0.5, 0.6) is 5.75 Å². The van der Waals surface area contributed by atoms with Gasteiger partial charge in [-0.1, -0.05) is 26.0 Å². The van der Waals surface area contributed by atoms with E-state index >= 15 is 0 Å². The molecule has 7 heteroatoms. The molecule has 2 aromatic carbocycles. The minimum Gasteiger partial charge on any atom is -0.503 e. The van der Waals surface area contributed by atoms with E-state index in [1.54, 1.807) is 37.3 Å². The van der Waals surface area contributed by atoms with Crippen LogP contribution in [-0.2, 0) is 9.59 Å². The van der Waals surface area contributed by atoms with E-state index < -0.39 is 29.4 Å². The number of ketones is 1. The smallest absolute Gasteiger partial charge is 0.294 e. The summed E-state index contributed by atoms with van der Waals surface area (Å²) >= 11 is 1.65. The third-order valence-electron chi connectivity index (χ3n) is 5.69. The molecule has 0 aliphatic carbocycles. The number of nitrogens with zero attached hydrogens (tertiary/aromatic N) is 1. The van der Waals surface area contributed by atoms with Gasteiger partial charge in [-0.3, -0.25) is 14.5 Å². The van der Waals surface area contributed by atoms with E-state index in [9.17, 15) is 19.1 Å². The number of anilines is 1. The fourth-order valence-electron chi connectivity index (χ4n) is 4.06. The molecule has 1 amide bonds. The molecule has 1 N–H and O–H groups in total. The molecule has 0 bridgehead atoms. The molecule has 1 aliphatic rings. The van der Waals surface area contributed by atoms with E-state index in [4.69, 9.17) is 4.74 Å². The highest BCUT2D eigenvalue weighted by Crippen LogP contribution is 2.45.